The summed E-state index contributed by atoms with van der Waals surface area (Å²) in [6.07, 6.45) is 4.16. The van der Waals surface area contributed by atoms with E-state index in [0.29, 0.717) is 6.54 Å². The van der Waals surface area contributed by atoms with E-state index >= 15 is 0 Å². The lowest BCUT2D eigenvalue weighted by molar-refractivity contribution is -0.162. The number of unbranched alkanes of at least 4 members (excludes halogenated alkanes) is 2. The third-order valence-corrected chi connectivity index (χ3v) is 3.77. The summed E-state index contributed by atoms with van der Waals surface area (Å²) in [7, 11) is 0. The van der Waals surface area contributed by atoms with Gasteiger partial charge in [0.15, 0.2) is 0 Å². The lowest BCUT2D eigenvalue weighted by Crippen LogP contribution is -2.49. The molecule has 6 heteroatoms. The fourth-order valence-electron chi connectivity index (χ4n) is 1.96. The third kappa shape index (κ3) is 6.83. The van der Waals surface area contributed by atoms with Gasteiger partial charge in [-0.15, -0.1) is 11.3 Å². The Morgan fingerprint density at radius 3 is 2.65 bits per heavy atom. The summed E-state index contributed by atoms with van der Waals surface area (Å²) in [6.45, 7) is 8.14. The summed E-state index contributed by atoms with van der Waals surface area (Å²) in [5.41, 5.74) is 1.34. The number of aromatic nitrogens is 1. The number of amides is 1. The summed E-state index contributed by atoms with van der Waals surface area (Å²) in [5.74, 6) is 4.79. The highest BCUT2D eigenvalue weighted by atomic mass is 32.1. The van der Waals surface area contributed by atoms with Gasteiger partial charge in [-0.1, -0.05) is 11.8 Å². The number of hydrogen-bond donors (Lipinski definition) is 0. The topological polar surface area (TPSA) is 59.5 Å². The van der Waals surface area contributed by atoms with Gasteiger partial charge in [0.25, 0.3) is 0 Å². The first kappa shape index (κ1) is 19.2. The van der Waals surface area contributed by atoms with Crippen molar-refractivity contribution in [3.63, 3.8) is 0 Å². The molecule has 1 rings (SSSR count). The summed E-state index contributed by atoms with van der Waals surface area (Å²) < 4.78 is 4.81. The molecule has 126 valence electrons. The molecule has 0 spiro atoms. The number of thiazole rings is 1. The van der Waals surface area contributed by atoms with Gasteiger partial charge in [0.1, 0.15) is 0 Å². The predicted molar refractivity (Wildman–Crippen MR) is 90.9 cm³/mol. The predicted octanol–water partition coefficient (Wildman–Crippen LogP) is 2.86. The first-order valence-corrected chi connectivity index (χ1v) is 8.60. The third-order valence-electron chi connectivity index (χ3n) is 3.08. The fourth-order valence-corrected chi connectivity index (χ4v) is 2.44. The number of esters is 1. The minimum Gasteiger partial charge on any atom is -0.459 e. The molecule has 0 N–H and O–H groups in total. The van der Waals surface area contributed by atoms with Crippen molar-refractivity contribution in [3.05, 3.63) is 16.6 Å². The number of nitrogens with zero attached hydrogens (tertiary/aromatic N) is 2. The van der Waals surface area contributed by atoms with Gasteiger partial charge in [0.05, 0.1) is 23.2 Å². The molecule has 0 bridgehead atoms. The highest BCUT2D eigenvalue weighted by molar-refractivity contribution is 7.10. The van der Waals surface area contributed by atoms with Crippen molar-refractivity contribution >= 4 is 23.2 Å². The van der Waals surface area contributed by atoms with Crippen LogP contribution in [-0.4, -0.2) is 40.5 Å². The van der Waals surface area contributed by atoms with Gasteiger partial charge >= 0.3 is 11.9 Å². The highest BCUT2D eigenvalue weighted by Crippen LogP contribution is 2.15. The van der Waals surface area contributed by atoms with Gasteiger partial charge in [-0.25, -0.2) is 4.79 Å². The van der Waals surface area contributed by atoms with Crippen molar-refractivity contribution in [1.29, 1.82) is 0 Å². The van der Waals surface area contributed by atoms with Crippen LogP contribution in [0.4, 0.5) is 0 Å². The van der Waals surface area contributed by atoms with E-state index in [4.69, 9.17) is 4.74 Å². The summed E-state index contributed by atoms with van der Waals surface area (Å²) in [4.78, 5) is 30.3. The molecule has 0 aliphatic heterocycles. The van der Waals surface area contributed by atoms with Crippen molar-refractivity contribution in [1.82, 2.24) is 9.88 Å². The van der Waals surface area contributed by atoms with Gasteiger partial charge in [-0.3, -0.25) is 9.78 Å². The molecule has 1 aromatic heterocycles. The number of hydrogen-bond acceptors (Lipinski definition) is 5. The Morgan fingerprint density at radius 1 is 1.35 bits per heavy atom. The molecule has 5 nitrogen and oxygen atoms in total. The summed E-state index contributed by atoms with van der Waals surface area (Å²) in [6, 6.07) is 0. The maximum atomic E-state index is 12.2. The Balaban J connectivity index is 2.46. The van der Waals surface area contributed by atoms with Gasteiger partial charge in [-0.2, -0.15) is 0 Å². The zero-order valence-electron chi connectivity index (χ0n) is 14.2. The normalized spacial score (nSPS) is 10.6. The highest BCUT2D eigenvalue weighted by Gasteiger charge is 2.31. The fraction of sp³-hybridized carbons (Fsp3) is 0.588. The van der Waals surface area contributed by atoms with Gasteiger partial charge in [0.2, 0.25) is 0 Å². The molecule has 0 aliphatic rings. The first-order chi connectivity index (χ1) is 10.9. The van der Waals surface area contributed by atoms with Crippen LogP contribution in [0.2, 0.25) is 0 Å². The molecule has 0 unspecified atom stereocenters. The maximum absolute atomic E-state index is 12.2. The number of carbonyl (C=O) groups excluding carboxylic acids is 2. The van der Waals surface area contributed by atoms with Gasteiger partial charge in [-0.05, 0) is 40.5 Å². The molecule has 0 saturated heterocycles. The molecule has 1 amide bonds. The Labute approximate surface area is 142 Å². The zero-order valence-corrected chi connectivity index (χ0v) is 15.0. The van der Waals surface area contributed by atoms with E-state index in [9.17, 15) is 9.59 Å². The van der Waals surface area contributed by atoms with Crippen LogP contribution in [0.15, 0.2) is 11.7 Å². The second-order valence-corrected chi connectivity index (χ2v) is 6.86. The minimum atomic E-state index is -0.785. The molecule has 23 heavy (non-hydrogen) atoms. The summed E-state index contributed by atoms with van der Waals surface area (Å²) in [5, 5.41) is 0. The Hall–Kier alpha value is -1.87. The monoisotopic (exact) mass is 336 g/mol. The van der Waals surface area contributed by atoms with E-state index in [-0.39, 0.29) is 6.61 Å². The first-order valence-electron chi connectivity index (χ1n) is 7.72. The van der Waals surface area contributed by atoms with Crippen molar-refractivity contribution in [3.8, 4) is 11.8 Å². The number of carbonyl (C=O) groups is 2. The van der Waals surface area contributed by atoms with E-state index in [1.165, 1.54) is 11.3 Å². The molecule has 0 saturated carbocycles. The number of ether oxygens (including phenoxy) is 1. The molecule has 0 fully saturated rings. The van der Waals surface area contributed by atoms with Crippen LogP contribution in [0.5, 0.6) is 0 Å². The molecular formula is C17H24N2O3S. The molecule has 0 radical (unpaired) electrons. The van der Waals surface area contributed by atoms with Crippen molar-refractivity contribution < 1.29 is 14.3 Å². The van der Waals surface area contributed by atoms with Crippen LogP contribution >= 0.6 is 11.3 Å². The zero-order chi connectivity index (χ0) is 17.3. The second kappa shape index (κ2) is 9.31. The largest absolute Gasteiger partial charge is 0.459 e. The molecule has 0 aliphatic carbocycles. The van der Waals surface area contributed by atoms with Crippen molar-refractivity contribution in [2.24, 2.45) is 0 Å². The van der Waals surface area contributed by atoms with Crippen LogP contribution in [0.3, 0.4) is 0 Å². The minimum absolute atomic E-state index is 0.204. The smallest absolute Gasteiger partial charge is 0.397 e. The van der Waals surface area contributed by atoms with E-state index in [2.05, 4.69) is 16.8 Å². The van der Waals surface area contributed by atoms with Crippen LogP contribution in [-0.2, 0) is 14.3 Å². The average Bonchev–Trinajstić information content (AvgIpc) is 2.98. The Morgan fingerprint density at radius 2 is 2.09 bits per heavy atom. The lowest BCUT2D eigenvalue weighted by atomic mass is 10.0. The summed E-state index contributed by atoms with van der Waals surface area (Å²) >= 11 is 1.52. The maximum Gasteiger partial charge on any atom is 0.397 e. The molecule has 1 heterocycles. The van der Waals surface area contributed by atoms with Crippen LogP contribution < -0.4 is 0 Å². The Bertz CT molecular complexity index is 565. The number of rotatable bonds is 5. The van der Waals surface area contributed by atoms with E-state index in [0.717, 1.165) is 24.1 Å². The van der Waals surface area contributed by atoms with Crippen LogP contribution in [0, 0.1) is 11.8 Å². The quantitative estimate of drug-likeness (QED) is 0.359. The molecular weight excluding hydrogens is 312 g/mol. The average molecular weight is 336 g/mol. The van der Waals surface area contributed by atoms with Crippen LogP contribution in [0.1, 0.15) is 51.8 Å². The van der Waals surface area contributed by atoms with E-state index in [1.54, 1.807) is 23.5 Å². The molecule has 1 aromatic rings. The SMILES string of the molecule is CCOC(=O)C(=O)N(CCCCC#Cc1cncs1)C(C)(C)C. The van der Waals surface area contributed by atoms with E-state index < -0.39 is 17.4 Å². The molecule has 0 aromatic carbocycles. The second-order valence-electron chi connectivity index (χ2n) is 5.97. The van der Waals surface area contributed by atoms with Crippen LogP contribution in [0.25, 0.3) is 0 Å². The van der Waals surface area contributed by atoms with Gasteiger partial charge < -0.3 is 9.64 Å². The standard InChI is InChI=1S/C17H24N2O3S/c1-5-22-16(21)15(20)19(17(2,3)4)11-9-7-6-8-10-14-12-18-13-23-14/h12-13H,5-7,9,11H2,1-4H3. The van der Waals surface area contributed by atoms with Gasteiger partial charge in [0, 0.05) is 18.5 Å². The Kier molecular flexibility index (Phi) is 7.76. The van der Waals surface area contributed by atoms with Crippen molar-refractivity contribution in [2.45, 2.75) is 52.5 Å². The van der Waals surface area contributed by atoms with E-state index in [1.807, 2.05) is 20.8 Å². The lowest BCUT2D eigenvalue weighted by Gasteiger charge is -2.34. The molecule has 0 atom stereocenters. The van der Waals surface area contributed by atoms with Crippen molar-refractivity contribution in [2.75, 3.05) is 13.2 Å².